The van der Waals surface area contributed by atoms with Crippen molar-refractivity contribution in [3.8, 4) is 0 Å². The summed E-state index contributed by atoms with van der Waals surface area (Å²) in [6.07, 6.45) is 2.93. The van der Waals surface area contributed by atoms with Crippen molar-refractivity contribution >= 4 is 6.03 Å². The van der Waals surface area contributed by atoms with E-state index < -0.39 is 0 Å². The van der Waals surface area contributed by atoms with Gasteiger partial charge in [0.05, 0.1) is 6.10 Å². The van der Waals surface area contributed by atoms with E-state index in [1.165, 1.54) is 12.1 Å². The fraction of sp³-hybridized carbons (Fsp3) is 0.611. The normalized spacial score (nSPS) is 22.8. The molecule has 2 amide bonds. The fourth-order valence-corrected chi connectivity index (χ4v) is 3.67. The maximum atomic E-state index is 13.0. The van der Waals surface area contributed by atoms with E-state index in [1.807, 2.05) is 4.90 Å². The molecule has 3 N–H and O–H groups in total. The lowest BCUT2D eigenvalue weighted by molar-refractivity contribution is 0.0992. The van der Waals surface area contributed by atoms with Gasteiger partial charge >= 0.3 is 6.03 Å². The minimum Gasteiger partial charge on any atom is -0.375 e. The van der Waals surface area contributed by atoms with Crippen LogP contribution in [0.4, 0.5) is 9.18 Å². The van der Waals surface area contributed by atoms with E-state index in [-0.39, 0.29) is 18.0 Å². The van der Waals surface area contributed by atoms with Gasteiger partial charge in [-0.3, -0.25) is 10.9 Å². The first-order chi connectivity index (χ1) is 12.2. The number of benzene rings is 1. The highest BCUT2D eigenvalue weighted by Crippen LogP contribution is 2.23. The summed E-state index contributed by atoms with van der Waals surface area (Å²) in [5.74, 6) is 0.349. The molecule has 138 valence electrons. The van der Waals surface area contributed by atoms with Crippen LogP contribution in [-0.4, -0.2) is 50.3 Å². The van der Waals surface area contributed by atoms with Crippen LogP contribution >= 0.6 is 0 Å². The van der Waals surface area contributed by atoms with Crippen molar-refractivity contribution < 1.29 is 13.9 Å². The lowest BCUT2D eigenvalue weighted by atomic mass is 9.89. The SMILES string of the molecule is COC(CNC(=O)N1CCC(C2CCNN2)CC1)c1ccc(F)cc1. The van der Waals surface area contributed by atoms with E-state index in [0.717, 1.165) is 44.5 Å². The number of carbonyl (C=O) groups excluding carboxylic acids is 1. The molecule has 2 aliphatic heterocycles. The van der Waals surface area contributed by atoms with Gasteiger partial charge < -0.3 is 15.0 Å². The third-order valence-corrected chi connectivity index (χ3v) is 5.23. The number of nitrogens with zero attached hydrogens (tertiary/aromatic N) is 1. The monoisotopic (exact) mass is 350 g/mol. The number of halogens is 1. The summed E-state index contributed by atoms with van der Waals surface area (Å²) in [6.45, 7) is 2.95. The molecule has 2 saturated heterocycles. The van der Waals surface area contributed by atoms with Gasteiger partial charge in [0.1, 0.15) is 5.82 Å². The van der Waals surface area contributed by atoms with Gasteiger partial charge in [-0.2, -0.15) is 0 Å². The molecule has 0 radical (unpaired) electrons. The predicted octanol–water partition coefficient (Wildman–Crippen LogP) is 1.80. The Labute approximate surface area is 148 Å². The average Bonchev–Trinajstić information content (AvgIpc) is 3.18. The summed E-state index contributed by atoms with van der Waals surface area (Å²) in [7, 11) is 1.59. The smallest absolute Gasteiger partial charge is 0.317 e. The third-order valence-electron chi connectivity index (χ3n) is 5.23. The molecule has 0 bridgehead atoms. The molecule has 2 atom stereocenters. The Balaban J connectivity index is 1.45. The molecule has 1 aromatic carbocycles. The molecule has 2 aliphatic rings. The van der Waals surface area contributed by atoms with Crippen molar-refractivity contribution in [2.45, 2.75) is 31.4 Å². The highest BCUT2D eigenvalue weighted by Gasteiger charge is 2.30. The van der Waals surface area contributed by atoms with E-state index in [2.05, 4.69) is 16.2 Å². The molecule has 7 heteroatoms. The molecule has 2 heterocycles. The minimum absolute atomic E-state index is 0.0554. The van der Waals surface area contributed by atoms with Crippen LogP contribution in [0.1, 0.15) is 30.9 Å². The molecule has 1 aromatic rings. The van der Waals surface area contributed by atoms with Crippen LogP contribution in [0.3, 0.4) is 0 Å². The van der Waals surface area contributed by atoms with Gasteiger partial charge in [0.25, 0.3) is 0 Å². The number of likely N-dealkylation sites (tertiary alicyclic amines) is 1. The maximum absolute atomic E-state index is 13.0. The molecule has 0 aliphatic carbocycles. The molecule has 0 saturated carbocycles. The van der Waals surface area contributed by atoms with E-state index in [9.17, 15) is 9.18 Å². The summed E-state index contributed by atoms with van der Waals surface area (Å²) >= 11 is 0. The summed E-state index contributed by atoms with van der Waals surface area (Å²) in [5, 5.41) is 2.94. The fourth-order valence-electron chi connectivity index (χ4n) is 3.67. The quantitative estimate of drug-likeness (QED) is 0.758. The first-order valence-corrected chi connectivity index (χ1v) is 8.97. The van der Waals surface area contributed by atoms with Gasteiger partial charge in [0, 0.05) is 39.3 Å². The molecule has 3 rings (SSSR count). The van der Waals surface area contributed by atoms with Crippen molar-refractivity contribution in [3.63, 3.8) is 0 Å². The summed E-state index contributed by atoms with van der Waals surface area (Å²) in [6, 6.07) is 6.65. The molecular weight excluding hydrogens is 323 g/mol. The number of methoxy groups -OCH3 is 1. The van der Waals surface area contributed by atoms with Crippen LogP contribution < -0.4 is 16.2 Å². The molecule has 25 heavy (non-hydrogen) atoms. The van der Waals surface area contributed by atoms with E-state index in [0.29, 0.717) is 18.5 Å². The van der Waals surface area contributed by atoms with E-state index in [1.54, 1.807) is 19.2 Å². The van der Waals surface area contributed by atoms with Crippen molar-refractivity contribution in [3.05, 3.63) is 35.6 Å². The molecule has 0 aromatic heterocycles. The number of urea groups is 1. The number of ether oxygens (including phenoxy) is 1. The van der Waals surface area contributed by atoms with Gasteiger partial charge in [-0.1, -0.05) is 12.1 Å². The topological polar surface area (TPSA) is 65.6 Å². The number of rotatable bonds is 5. The number of hydrogen-bond donors (Lipinski definition) is 3. The largest absolute Gasteiger partial charge is 0.375 e. The standard InChI is InChI=1S/C18H27FN4O2/c1-25-17(14-2-4-15(19)5-3-14)12-20-18(24)23-10-7-13(8-11-23)16-6-9-21-22-16/h2-5,13,16-17,21-22H,6-12H2,1H3,(H,20,24). The van der Waals surface area contributed by atoms with Crippen LogP contribution in [0.5, 0.6) is 0 Å². The lowest BCUT2D eigenvalue weighted by Crippen LogP contribution is -2.48. The van der Waals surface area contributed by atoms with Crippen LogP contribution in [0, 0.1) is 11.7 Å². The van der Waals surface area contributed by atoms with Crippen molar-refractivity contribution in [1.29, 1.82) is 0 Å². The van der Waals surface area contributed by atoms with Crippen molar-refractivity contribution in [1.82, 2.24) is 21.1 Å². The number of nitrogens with one attached hydrogen (secondary N) is 3. The van der Waals surface area contributed by atoms with Gasteiger partial charge in [0.2, 0.25) is 0 Å². The second-order valence-corrected chi connectivity index (χ2v) is 6.75. The highest BCUT2D eigenvalue weighted by molar-refractivity contribution is 5.74. The van der Waals surface area contributed by atoms with Crippen LogP contribution in [0.15, 0.2) is 24.3 Å². The van der Waals surface area contributed by atoms with Gasteiger partial charge in [-0.05, 0) is 42.9 Å². The minimum atomic E-state index is -0.282. The first-order valence-electron chi connectivity index (χ1n) is 8.97. The number of hydrazine groups is 1. The molecule has 6 nitrogen and oxygen atoms in total. The Morgan fingerprint density at radius 3 is 2.64 bits per heavy atom. The van der Waals surface area contributed by atoms with E-state index in [4.69, 9.17) is 4.74 Å². The van der Waals surface area contributed by atoms with Crippen LogP contribution in [0.25, 0.3) is 0 Å². The van der Waals surface area contributed by atoms with Gasteiger partial charge in [0.15, 0.2) is 0 Å². The zero-order valence-corrected chi connectivity index (χ0v) is 14.6. The van der Waals surface area contributed by atoms with Crippen LogP contribution in [0.2, 0.25) is 0 Å². The van der Waals surface area contributed by atoms with Crippen molar-refractivity contribution in [2.24, 2.45) is 5.92 Å². The predicted molar refractivity (Wildman–Crippen MR) is 93.4 cm³/mol. The summed E-state index contributed by atoms with van der Waals surface area (Å²) < 4.78 is 18.5. The van der Waals surface area contributed by atoms with E-state index >= 15 is 0 Å². The number of carbonyl (C=O) groups is 1. The summed E-state index contributed by atoms with van der Waals surface area (Å²) in [4.78, 5) is 14.3. The Kier molecular flexibility index (Phi) is 6.23. The Bertz CT molecular complexity index is 555. The lowest BCUT2D eigenvalue weighted by Gasteiger charge is -2.34. The second-order valence-electron chi connectivity index (χ2n) is 6.75. The maximum Gasteiger partial charge on any atom is 0.317 e. The Morgan fingerprint density at radius 2 is 2.04 bits per heavy atom. The first kappa shape index (κ1) is 18.1. The Hall–Kier alpha value is -1.70. The summed E-state index contributed by atoms with van der Waals surface area (Å²) in [5.41, 5.74) is 7.36. The molecule has 2 unspecified atom stereocenters. The third kappa shape index (κ3) is 4.68. The number of hydrogen-bond acceptors (Lipinski definition) is 4. The second kappa shape index (κ2) is 8.60. The Morgan fingerprint density at radius 1 is 1.32 bits per heavy atom. The molecule has 0 spiro atoms. The number of piperidine rings is 1. The number of amides is 2. The van der Waals surface area contributed by atoms with Crippen LogP contribution in [-0.2, 0) is 4.74 Å². The van der Waals surface area contributed by atoms with Gasteiger partial charge in [-0.15, -0.1) is 0 Å². The highest BCUT2D eigenvalue weighted by atomic mass is 19.1. The zero-order chi connectivity index (χ0) is 17.6. The average molecular weight is 350 g/mol. The zero-order valence-electron chi connectivity index (χ0n) is 14.6. The molecular formula is C18H27FN4O2. The molecule has 2 fully saturated rings. The van der Waals surface area contributed by atoms with Gasteiger partial charge in [-0.25, -0.2) is 9.18 Å². The van der Waals surface area contributed by atoms with Crippen molar-refractivity contribution in [2.75, 3.05) is 33.3 Å².